The zero-order valence-electron chi connectivity index (χ0n) is 14.9. The predicted molar refractivity (Wildman–Crippen MR) is 92.7 cm³/mol. The number of rotatable bonds is 11. The summed E-state index contributed by atoms with van der Waals surface area (Å²) >= 11 is 0. The SMILES string of the molecule is C=C(C)C(=O)OCCC[Si](C)(N(CC)CC)N(CC)CC. The first kappa shape index (κ1) is 20.3. The third kappa shape index (κ3) is 5.92. The molecule has 0 saturated heterocycles. The van der Waals surface area contributed by atoms with Crippen molar-refractivity contribution in [2.24, 2.45) is 0 Å². The number of nitrogens with zero attached hydrogens (tertiary/aromatic N) is 2. The average Bonchev–Trinajstić information content (AvgIpc) is 2.45. The Kier molecular flexibility index (Phi) is 9.82. The molecule has 0 spiro atoms. The van der Waals surface area contributed by atoms with Gasteiger partial charge in [-0.25, -0.2) is 4.79 Å². The maximum atomic E-state index is 11.4. The van der Waals surface area contributed by atoms with Gasteiger partial charge in [-0.15, -0.1) is 0 Å². The van der Waals surface area contributed by atoms with Crippen LogP contribution in [0, 0.1) is 0 Å². The van der Waals surface area contributed by atoms with Crippen LogP contribution in [0.3, 0.4) is 0 Å². The molecule has 0 aliphatic carbocycles. The van der Waals surface area contributed by atoms with Crippen LogP contribution in [0.15, 0.2) is 12.2 Å². The summed E-state index contributed by atoms with van der Waals surface area (Å²) in [5.41, 5.74) is 0.475. The molecular formula is C16H34N2O2Si. The molecule has 0 amide bonds. The van der Waals surface area contributed by atoms with E-state index in [1.807, 2.05) is 0 Å². The highest BCUT2D eigenvalue weighted by Crippen LogP contribution is 2.22. The van der Waals surface area contributed by atoms with E-state index in [9.17, 15) is 4.79 Å². The van der Waals surface area contributed by atoms with Gasteiger partial charge in [0, 0.05) is 5.57 Å². The molecule has 0 unspecified atom stereocenters. The van der Waals surface area contributed by atoms with Gasteiger partial charge in [0.1, 0.15) is 0 Å². The summed E-state index contributed by atoms with van der Waals surface area (Å²) in [6, 6.07) is 1.12. The zero-order valence-corrected chi connectivity index (χ0v) is 15.9. The van der Waals surface area contributed by atoms with Gasteiger partial charge < -0.3 is 13.9 Å². The minimum Gasteiger partial charge on any atom is -0.462 e. The van der Waals surface area contributed by atoms with Crippen LogP contribution in [0.5, 0.6) is 0 Å². The second kappa shape index (κ2) is 10.1. The summed E-state index contributed by atoms with van der Waals surface area (Å²) in [5.74, 6) is -0.274. The summed E-state index contributed by atoms with van der Waals surface area (Å²) in [4.78, 5) is 11.4. The minimum atomic E-state index is -1.65. The van der Waals surface area contributed by atoms with Gasteiger partial charge in [0.15, 0.2) is 0 Å². The molecule has 0 aromatic carbocycles. The first-order valence-corrected chi connectivity index (χ1v) is 10.8. The van der Waals surface area contributed by atoms with Gasteiger partial charge in [-0.05, 0) is 52.1 Å². The molecule has 0 aliphatic rings. The first-order chi connectivity index (χ1) is 9.87. The summed E-state index contributed by atoms with van der Waals surface area (Å²) < 4.78 is 10.5. The highest BCUT2D eigenvalue weighted by Gasteiger charge is 2.37. The Labute approximate surface area is 132 Å². The van der Waals surface area contributed by atoms with Gasteiger partial charge in [-0.2, -0.15) is 0 Å². The van der Waals surface area contributed by atoms with Crippen LogP contribution in [-0.2, 0) is 9.53 Å². The summed E-state index contributed by atoms with van der Waals surface area (Å²) in [7, 11) is -1.65. The van der Waals surface area contributed by atoms with Crippen LogP contribution in [-0.4, -0.2) is 56.3 Å². The quantitative estimate of drug-likeness (QED) is 0.254. The van der Waals surface area contributed by atoms with E-state index in [1.54, 1.807) is 6.92 Å². The molecule has 0 saturated carbocycles. The van der Waals surface area contributed by atoms with Crippen LogP contribution in [0.2, 0.25) is 12.6 Å². The van der Waals surface area contributed by atoms with Crippen molar-refractivity contribution in [2.45, 2.75) is 53.6 Å². The Morgan fingerprint density at radius 3 is 1.81 bits per heavy atom. The van der Waals surface area contributed by atoms with Crippen LogP contribution < -0.4 is 0 Å². The van der Waals surface area contributed by atoms with E-state index in [-0.39, 0.29) is 5.97 Å². The number of carbonyl (C=O) groups is 1. The summed E-state index contributed by atoms with van der Waals surface area (Å²) in [6.45, 7) is 21.5. The second-order valence-electron chi connectivity index (χ2n) is 5.58. The molecule has 21 heavy (non-hydrogen) atoms. The normalized spacial score (nSPS) is 12.0. The first-order valence-electron chi connectivity index (χ1n) is 8.19. The van der Waals surface area contributed by atoms with E-state index < -0.39 is 8.40 Å². The van der Waals surface area contributed by atoms with Gasteiger partial charge in [0.25, 0.3) is 0 Å². The lowest BCUT2D eigenvalue weighted by Gasteiger charge is -2.46. The summed E-state index contributed by atoms with van der Waals surface area (Å²) in [6.07, 6.45) is 0.925. The lowest BCUT2D eigenvalue weighted by atomic mass is 10.4. The molecule has 0 fully saturated rings. The number of hydrogen-bond acceptors (Lipinski definition) is 4. The van der Waals surface area contributed by atoms with Crippen LogP contribution in [0.1, 0.15) is 41.0 Å². The van der Waals surface area contributed by atoms with E-state index in [2.05, 4.69) is 50.0 Å². The third-order valence-corrected chi connectivity index (χ3v) is 9.56. The van der Waals surface area contributed by atoms with E-state index in [0.29, 0.717) is 12.2 Å². The van der Waals surface area contributed by atoms with Crippen molar-refractivity contribution in [2.75, 3.05) is 32.8 Å². The molecular weight excluding hydrogens is 280 g/mol. The molecule has 0 bridgehead atoms. The van der Waals surface area contributed by atoms with Crippen LogP contribution >= 0.6 is 0 Å². The highest BCUT2D eigenvalue weighted by atomic mass is 28.3. The number of carbonyl (C=O) groups excluding carboxylic acids is 1. The molecule has 0 atom stereocenters. The number of esters is 1. The molecule has 0 aromatic rings. The van der Waals surface area contributed by atoms with Crippen LogP contribution in [0.4, 0.5) is 0 Å². The number of hydrogen-bond donors (Lipinski definition) is 0. The minimum absolute atomic E-state index is 0.274. The monoisotopic (exact) mass is 314 g/mol. The molecule has 4 nitrogen and oxygen atoms in total. The Hall–Kier alpha value is -0.653. The van der Waals surface area contributed by atoms with Crippen molar-refractivity contribution >= 4 is 14.4 Å². The molecule has 0 heterocycles. The fourth-order valence-electron chi connectivity index (χ4n) is 3.02. The average molecular weight is 315 g/mol. The smallest absolute Gasteiger partial charge is 0.333 e. The molecule has 0 radical (unpaired) electrons. The highest BCUT2D eigenvalue weighted by molar-refractivity contribution is 6.73. The molecule has 124 valence electrons. The zero-order chi connectivity index (χ0) is 16.5. The van der Waals surface area contributed by atoms with Crippen molar-refractivity contribution in [3.63, 3.8) is 0 Å². The van der Waals surface area contributed by atoms with Gasteiger partial charge in [-0.3, -0.25) is 0 Å². The number of ether oxygens (including phenoxy) is 1. The standard InChI is InChI=1S/C16H34N2O2Si/c1-8-17(9-2)21(7,18(10-3)11-4)14-12-13-20-16(19)15(5)6/h5,8-14H2,1-4,6-7H3. The van der Waals surface area contributed by atoms with Gasteiger partial charge in [0.2, 0.25) is 8.40 Å². The molecule has 0 aliphatic heterocycles. The van der Waals surface area contributed by atoms with Gasteiger partial charge >= 0.3 is 5.97 Å². The van der Waals surface area contributed by atoms with Crippen molar-refractivity contribution in [1.82, 2.24) is 9.13 Å². The second-order valence-corrected chi connectivity index (χ2v) is 9.78. The van der Waals surface area contributed by atoms with E-state index in [1.165, 1.54) is 0 Å². The van der Waals surface area contributed by atoms with Crippen molar-refractivity contribution in [3.05, 3.63) is 12.2 Å². The lowest BCUT2D eigenvalue weighted by Crippen LogP contribution is -2.63. The fraction of sp³-hybridized carbons (Fsp3) is 0.812. The maximum absolute atomic E-state index is 11.4. The summed E-state index contributed by atoms with van der Waals surface area (Å²) in [5, 5.41) is 0. The van der Waals surface area contributed by atoms with E-state index >= 15 is 0 Å². The predicted octanol–water partition coefficient (Wildman–Crippen LogP) is 3.25. The Balaban J connectivity index is 4.69. The Morgan fingerprint density at radius 1 is 1.05 bits per heavy atom. The van der Waals surface area contributed by atoms with Crippen molar-refractivity contribution < 1.29 is 9.53 Å². The van der Waals surface area contributed by atoms with E-state index in [0.717, 1.165) is 38.6 Å². The lowest BCUT2D eigenvalue weighted by molar-refractivity contribution is -0.138. The molecule has 0 rings (SSSR count). The van der Waals surface area contributed by atoms with Crippen LogP contribution in [0.25, 0.3) is 0 Å². The van der Waals surface area contributed by atoms with Gasteiger partial charge in [-0.1, -0.05) is 34.3 Å². The molecule has 0 N–H and O–H groups in total. The van der Waals surface area contributed by atoms with Gasteiger partial charge in [0.05, 0.1) is 6.61 Å². The molecule has 5 heteroatoms. The molecule has 0 aromatic heterocycles. The Bertz CT molecular complexity index is 314. The fourth-order valence-corrected chi connectivity index (χ4v) is 7.59. The maximum Gasteiger partial charge on any atom is 0.333 e. The Morgan fingerprint density at radius 2 is 1.48 bits per heavy atom. The topological polar surface area (TPSA) is 32.8 Å². The largest absolute Gasteiger partial charge is 0.462 e. The van der Waals surface area contributed by atoms with Crippen molar-refractivity contribution in [1.29, 1.82) is 0 Å². The third-order valence-electron chi connectivity index (χ3n) is 4.27. The van der Waals surface area contributed by atoms with E-state index in [4.69, 9.17) is 4.74 Å². The van der Waals surface area contributed by atoms with Crippen molar-refractivity contribution in [3.8, 4) is 0 Å².